The fraction of sp³-hybridized carbons (Fsp3) is 0. The van der Waals surface area contributed by atoms with Crippen LogP contribution in [0.5, 0.6) is 0 Å². The van der Waals surface area contributed by atoms with E-state index >= 15 is 0 Å². The van der Waals surface area contributed by atoms with Gasteiger partial charge in [-0.05, 0) is 52.6 Å². The maximum Gasteiger partial charge on any atom is 0.231 e. The summed E-state index contributed by atoms with van der Waals surface area (Å²) in [6.07, 6.45) is 0. The summed E-state index contributed by atoms with van der Waals surface area (Å²) >= 11 is 0. The van der Waals surface area contributed by atoms with Gasteiger partial charge >= 0.3 is 0 Å². The van der Waals surface area contributed by atoms with Crippen LogP contribution in [0, 0.1) is 0 Å². The van der Waals surface area contributed by atoms with E-state index in [1.54, 1.807) is 0 Å². The first-order valence-electron chi connectivity index (χ1n) is 18.5. The molecule has 0 spiro atoms. The fourth-order valence-corrected chi connectivity index (χ4v) is 7.67. The Morgan fingerprint density at radius 3 is 1.21 bits per heavy atom. The summed E-state index contributed by atoms with van der Waals surface area (Å²) in [6.45, 7) is 0. The molecule has 4 aromatic heterocycles. The molecule has 0 aliphatic carbocycles. The molecule has 0 radical (unpaired) electrons. The van der Waals surface area contributed by atoms with E-state index in [-0.39, 0.29) is 0 Å². The first kappa shape index (κ1) is 31.8. The van der Waals surface area contributed by atoms with E-state index in [1.165, 1.54) is 0 Å². The highest BCUT2D eigenvalue weighted by Gasteiger charge is 2.20. The lowest BCUT2D eigenvalue weighted by molar-refractivity contribution is 0.653. The van der Waals surface area contributed by atoms with Gasteiger partial charge in [-0.25, -0.2) is 9.97 Å². The second-order valence-corrected chi connectivity index (χ2v) is 13.8. The van der Waals surface area contributed by atoms with Crippen LogP contribution in [0.15, 0.2) is 191 Å². The first-order valence-corrected chi connectivity index (χ1v) is 18.5. The number of para-hydroxylation sites is 2. The van der Waals surface area contributed by atoms with Gasteiger partial charge in [-0.15, -0.1) is 0 Å². The minimum Gasteiger partial charge on any atom is -0.438 e. The van der Waals surface area contributed by atoms with Crippen molar-refractivity contribution in [2.45, 2.75) is 0 Å². The third-order valence-corrected chi connectivity index (χ3v) is 10.3. The van der Waals surface area contributed by atoms with Crippen LogP contribution in [0.3, 0.4) is 0 Å². The predicted octanol–water partition coefficient (Wildman–Crippen LogP) is 13.1. The van der Waals surface area contributed by atoms with Crippen molar-refractivity contribution in [2.75, 3.05) is 0 Å². The molecule has 0 aliphatic rings. The smallest absolute Gasteiger partial charge is 0.231 e. The summed E-state index contributed by atoms with van der Waals surface area (Å²) in [5, 5.41) is 3.81. The summed E-state index contributed by atoms with van der Waals surface area (Å²) in [5.74, 6) is 1.23. The molecule has 56 heavy (non-hydrogen) atoms. The van der Waals surface area contributed by atoms with Crippen LogP contribution in [0.4, 0.5) is 0 Å². The topological polar surface area (TPSA) is 77.8 Å². The molecule has 11 aromatic rings. The Kier molecular flexibility index (Phi) is 7.38. The van der Waals surface area contributed by atoms with Gasteiger partial charge in [0.25, 0.3) is 0 Å². The largest absolute Gasteiger partial charge is 0.438 e. The monoisotopic (exact) mass is 718 g/mol. The van der Waals surface area contributed by atoms with E-state index in [9.17, 15) is 0 Å². The lowest BCUT2D eigenvalue weighted by Gasteiger charge is -2.11. The van der Waals surface area contributed by atoms with Crippen molar-refractivity contribution in [3.05, 3.63) is 182 Å². The van der Waals surface area contributed by atoms with Gasteiger partial charge in [-0.2, -0.15) is 9.97 Å². The van der Waals surface area contributed by atoms with Gasteiger partial charge in [0, 0.05) is 33.0 Å². The number of hydrogen-bond donors (Lipinski definition) is 0. The van der Waals surface area contributed by atoms with E-state index in [0.29, 0.717) is 23.1 Å². The molecule has 6 nitrogen and oxygen atoms in total. The molecule has 11 rings (SSSR count). The number of rotatable bonds is 6. The predicted molar refractivity (Wildman–Crippen MR) is 225 cm³/mol. The van der Waals surface area contributed by atoms with E-state index in [1.807, 2.05) is 84.9 Å². The summed E-state index contributed by atoms with van der Waals surface area (Å²) in [7, 11) is 0. The van der Waals surface area contributed by atoms with Gasteiger partial charge in [0.15, 0.2) is 11.6 Å². The molecule has 0 fully saturated rings. The molecule has 4 heterocycles. The quantitative estimate of drug-likeness (QED) is 0.170. The average Bonchev–Trinajstić information content (AvgIpc) is 3.85. The van der Waals surface area contributed by atoms with Crippen molar-refractivity contribution in [1.29, 1.82) is 0 Å². The fourth-order valence-electron chi connectivity index (χ4n) is 7.67. The summed E-state index contributed by atoms with van der Waals surface area (Å²) in [4.78, 5) is 20.2. The molecule has 0 bridgehead atoms. The van der Waals surface area contributed by atoms with Crippen molar-refractivity contribution in [3.63, 3.8) is 0 Å². The zero-order chi connectivity index (χ0) is 37.0. The molecule has 0 saturated heterocycles. The van der Waals surface area contributed by atoms with Gasteiger partial charge in [-0.3, -0.25) is 0 Å². The SMILES string of the molecule is c1ccc(-c2nc(-c3cccc(-c4cccc(-c5cccc(-c6nc(-c7ccccc7)c7c(n6)oc6ccccc67)c5)c4)c3)c3c(n2)oc2ccccc23)cc1. The third-order valence-electron chi connectivity index (χ3n) is 10.3. The molecular formula is C50H30N4O2. The number of benzene rings is 7. The Morgan fingerprint density at radius 1 is 0.286 bits per heavy atom. The Morgan fingerprint density at radius 2 is 0.661 bits per heavy atom. The molecule has 0 N–H and O–H groups in total. The number of aromatic nitrogens is 4. The van der Waals surface area contributed by atoms with E-state index in [4.69, 9.17) is 28.8 Å². The number of furan rings is 2. The summed E-state index contributed by atoms with van der Waals surface area (Å²) in [6, 6.07) is 61.9. The Labute approximate surface area is 321 Å². The van der Waals surface area contributed by atoms with Crippen molar-refractivity contribution >= 4 is 44.1 Å². The van der Waals surface area contributed by atoms with Gasteiger partial charge in [-0.1, -0.05) is 152 Å². The summed E-state index contributed by atoms with van der Waals surface area (Å²) < 4.78 is 12.6. The minimum atomic E-state index is 0.571. The van der Waals surface area contributed by atoms with Crippen LogP contribution in [0.25, 0.3) is 112 Å². The molecule has 6 heteroatoms. The third kappa shape index (κ3) is 5.43. The minimum absolute atomic E-state index is 0.571. The van der Waals surface area contributed by atoms with Gasteiger partial charge in [0.05, 0.1) is 22.2 Å². The van der Waals surface area contributed by atoms with E-state index < -0.39 is 0 Å². The van der Waals surface area contributed by atoms with Crippen LogP contribution in [0.1, 0.15) is 0 Å². The molecule has 0 aliphatic heterocycles. The molecule has 0 saturated carbocycles. The molecule has 0 amide bonds. The average molecular weight is 719 g/mol. The molecular weight excluding hydrogens is 689 g/mol. The van der Waals surface area contributed by atoms with Crippen molar-refractivity contribution in [3.8, 4) is 67.5 Å². The normalized spacial score (nSPS) is 11.6. The lowest BCUT2D eigenvalue weighted by Crippen LogP contribution is -1.94. The second-order valence-electron chi connectivity index (χ2n) is 13.8. The lowest BCUT2D eigenvalue weighted by atomic mass is 9.96. The second kappa shape index (κ2) is 13.0. The Balaban J connectivity index is 1.00. The Bertz CT molecular complexity index is 3260. The highest BCUT2D eigenvalue weighted by Crippen LogP contribution is 2.39. The molecule has 0 unspecified atom stereocenters. The highest BCUT2D eigenvalue weighted by atomic mass is 16.3. The van der Waals surface area contributed by atoms with Crippen LogP contribution in [-0.4, -0.2) is 19.9 Å². The van der Waals surface area contributed by atoms with Crippen molar-refractivity contribution < 1.29 is 8.83 Å². The maximum atomic E-state index is 6.30. The summed E-state index contributed by atoms with van der Waals surface area (Å²) in [5.41, 5.74) is 12.5. The van der Waals surface area contributed by atoms with Crippen LogP contribution >= 0.6 is 0 Å². The first-order chi connectivity index (χ1) is 27.7. The number of nitrogens with zero attached hydrogens (tertiary/aromatic N) is 4. The van der Waals surface area contributed by atoms with Gasteiger partial charge in [0.2, 0.25) is 11.4 Å². The van der Waals surface area contributed by atoms with E-state index in [0.717, 1.165) is 88.6 Å². The highest BCUT2D eigenvalue weighted by molar-refractivity contribution is 6.11. The van der Waals surface area contributed by atoms with Gasteiger partial charge in [0.1, 0.15) is 11.2 Å². The molecule has 262 valence electrons. The van der Waals surface area contributed by atoms with Crippen molar-refractivity contribution in [1.82, 2.24) is 19.9 Å². The molecule has 0 atom stereocenters. The van der Waals surface area contributed by atoms with Crippen LogP contribution in [0.2, 0.25) is 0 Å². The zero-order valence-electron chi connectivity index (χ0n) is 29.9. The zero-order valence-corrected chi connectivity index (χ0v) is 29.9. The standard InChI is InChI=1S/C50H30N4O2/c1-3-14-31(15-4-1)45-43-39-24-7-9-26-41(39)55-49(43)54-48(51-45)38-23-13-21-36(30-38)34-19-11-18-33(28-34)35-20-12-22-37(29-35)46-44-40-25-8-10-27-42(40)56-50(44)53-47(52-46)32-16-5-2-6-17-32/h1-30H. The van der Waals surface area contributed by atoms with E-state index in [2.05, 4.69) is 97.1 Å². The maximum absolute atomic E-state index is 6.30. The Hall–Kier alpha value is -7.70. The number of fused-ring (bicyclic) bond motifs is 6. The molecule has 7 aromatic carbocycles. The van der Waals surface area contributed by atoms with Crippen molar-refractivity contribution in [2.24, 2.45) is 0 Å². The van der Waals surface area contributed by atoms with Crippen LogP contribution < -0.4 is 0 Å². The number of hydrogen-bond acceptors (Lipinski definition) is 6. The van der Waals surface area contributed by atoms with Crippen LogP contribution in [-0.2, 0) is 0 Å². The van der Waals surface area contributed by atoms with Gasteiger partial charge < -0.3 is 8.83 Å².